The second kappa shape index (κ2) is 8.97. The van der Waals surface area contributed by atoms with E-state index in [1.165, 1.54) is 11.8 Å². The molecule has 0 spiro atoms. The molecule has 0 aliphatic rings. The van der Waals surface area contributed by atoms with Crippen molar-refractivity contribution in [3.63, 3.8) is 0 Å². The maximum absolute atomic E-state index is 9.38. The van der Waals surface area contributed by atoms with Gasteiger partial charge in [-0.15, -0.1) is 0 Å². The van der Waals surface area contributed by atoms with Crippen LogP contribution in [-0.2, 0) is 12.0 Å². The number of benzene rings is 2. The normalized spacial score (nSPS) is 11.0. The molecule has 5 nitrogen and oxygen atoms in total. The molecule has 0 saturated heterocycles. The fraction of sp³-hybridized carbons (Fsp3) is 0.261. The van der Waals surface area contributed by atoms with Gasteiger partial charge in [-0.25, -0.2) is 9.97 Å². The molecule has 1 heterocycles. The minimum Gasteiger partial charge on any atom is -0.495 e. The third kappa shape index (κ3) is 4.69. The van der Waals surface area contributed by atoms with Gasteiger partial charge in [-0.1, -0.05) is 43.8 Å². The van der Waals surface area contributed by atoms with Crippen molar-refractivity contribution in [2.45, 2.75) is 31.0 Å². The van der Waals surface area contributed by atoms with Crippen LogP contribution in [0.15, 0.2) is 59.9 Å². The number of rotatable bonds is 7. The molecule has 0 amide bonds. The fourth-order valence-electron chi connectivity index (χ4n) is 3.03. The van der Waals surface area contributed by atoms with Gasteiger partial charge in [-0.05, 0) is 47.7 Å². The van der Waals surface area contributed by atoms with Crippen molar-refractivity contribution in [2.75, 3.05) is 13.4 Å². The molecular weight excluding hydrogens is 382 g/mol. The van der Waals surface area contributed by atoms with E-state index in [9.17, 15) is 5.26 Å². The molecule has 148 valence electrons. The van der Waals surface area contributed by atoms with E-state index >= 15 is 0 Å². The highest BCUT2D eigenvalue weighted by Crippen LogP contribution is 2.34. The lowest BCUT2D eigenvalue weighted by molar-refractivity contribution is 0.300. The summed E-state index contributed by atoms with van der Waals surface area (Å²) in [6, 6.07) is 17.8. The molecular formula is C23H23N3O2S. The predicted octanol–water partition coefficient (Wildman–Crippen LogP) is 4.98. The van der Waals surface area contributed by atoms with Crippen LogP contribution in [0.3, 0.4) is 0 Å². The Morgan fingerprint density at radius 2 is 1.79 bits per heavy atom. The van der Waals surface area contributed by atoms with Crippen molar-refractivity contribution >= 4 is 11.8 Å². The van der Waals surface area contributed by atoms with Crippen molar-refractivity contribution in [3.8, 4) is 17.6 Å². The van der Waals surface area contributed by atoms with E-state index in [1.54, 1.807) is 13.3 Å². The molecule has 0 atom stereocenters. The highest BCUT2D eigenvalue weighted by atomic mass is 32.2. The van der Waals surface area contributed by atoms with Crippen LogP contribution in [0, 0.1) is 11.3 Å². The first-order valence-corrected chi connectivity index (χ1v) is 10.4. The van der Waals surface area contributed by atoms with Crippen molar-refractivity contribution in [3.05, 3.63) is 77.1 Å². The Hall–Kier alpha value is -3.04. The molecule has 0 bridgehead atoms. The predicted molar refractivity (Wildman–Crippen MR) is 114 cm³/mol. The van der Waals surface area contributed by atoms with E-state index in [1.807, 2.05) is 42.7 Å². The van der Waals surface area contributed by atoms with Crippen LogP contribution in [0.4, 0.5) is 0 Å². The number of ether oxygens (including phenoxy) is 2. The van der Waals surface area contributed by atoms with Gasteiger partial charge in [0.1, 0.15) is 24.2 Å². The zero-order valence-electron chi connectivity index (χ0n) is 17.0. The summed E-state index contributed by atoms with van der Waals surface area (Å²) >= 11 is 1.51. The van der Waals surface area contributed by atoms with Gasteiger partial charge in [-0.3, -0.25) is 0 Å². The van der Waals surface area contributed by atoms with Gasteiger partial charge in [0.2, 0.25) is 0 Å². The van der Waals surface area contributed by atoms with E-state index in [0.29, 0.717) is 17.9 Å². The molecule has 0 aliphatic heterocycles. The van der Waals surface area contributed by atoms with Crippen molar-refractivity contribution in [1.29, 1.82) is 5.26 Å². The van der Waals surface area contributed by atoms with Gasteiger partial charge in [-0.2, -0.15) is 5.26 Å². The van der Waals surface area contributed by atoms with E-state index in [4.69, 9.17) is 9.47 Å². The Morgan fingerprint density at radius 3 is 2.45 bits per heavy atom. The lowest BCUT2D eigenvalue weighted by Crippen LogP contribution is -2.19. The molecule has 1 aromatic heterocycles. The topological polar surface area (TPSA) is 68.0 Å². The summed E-state index contributed by atoms with van der Waals surface area (Å²) in [5.41, 5.74) is 3.29. The van der Waals surface area contributed by atoms with Crippen LogP contribution in [-0.4, -0.2) is 23.3 Å². The van der Waals surface area contributed by atoms with E-state index in [0.717, 1.165) is 27.7 Å². The second-order valence-corrected chi connectivity index (χ2v) is 7.77. The molecule has 0 saturated carbocycles. The number of hydrogen-bond donors (Lipinski definition) is 0. The standard InChI is InChI=1S/C23H23N3O2S/c1-23(2,18-7-10-21(27-3)16(13-18)14-24)17-5-8-20(9-6-17)28-15-19-11-12-25-22(26-19)29-4/h5-13H,15H2,1-4H3. The second-order valence-electron chi connectivity index (χ2n) is 7.00. The molecule has 0 radical (unpaired) electrons. The number of hydrogen-bond acceptors (Lipinski definition) is 6. The first kappa shape index (κ1) is 20.7. The Bertz CT molecular complexity index is 1030. The first-order chi connectivity index (χ1) is 14.0. The summed E-state index contributed by atoms with van der Waals surface area (Å²) in [5.74, 6) is 1.37. The van der Waals surface area contributed by atoms with Crippen LogP contribution in [0.2, 0.25) is 0 Å². The van der Waals surface area contributed by atoms with Gasteiger partial charge in [0.05, 0.1) is 18.4 Å². The molecule has 6 heteroatoms. The molecule has 0 unspecified atom stereocenters. The Morgan fingerprint density at radius 1 is 1.07 bits per heavy atom. The minimum absolute atomic E-state index is 0.268. The largest absolute Gasteiger partial charge is 0.495 e. The third-order valence-electron chi connectivity index (χ3n) is 4.88. The number of aromatic nitrogens is 2. The van der Waals surface area contributed by atoms with Gasteiger partial charge >= 0.3 is 0 Å². The van der Waals surface area contributed by atoms with Crippen LogP contribution < -0.4 is 9.47 Å². The zero-order chi connectivity index (χ0) is 20.9. The fourth-order valence-corrected chi connectivity index (χ4v) is 3.41. The van der Waals surface area contributed by atoms with Crippen LogP contribution >= 0.6 is 11.8 Å². The lowest BCUT2D eigenvalue weighted by Gasteiger charge is -2.27. The van der Waals surface area contributed by atoms with Crippen molar-refractivity contribution < 1.29 is 9.47 Å². The van der Waals surface area contributed by atoms with Crippen LogP contribution in [0.1, 0.15) is 36.2 Å². The minimum atomic E-state index is -0.268. The highest BCUT2D eigenvalue weighted by Gasteiger charge is 2.24. The van der Waals surface area contributed by atoms with Gasteiger partial charge < -0.3 is 9.47 Å². The maximum atomic E-state index is 9.38. The summed E-state index contributed by atoms with van der Waals surface area (Å²) < 4.78 is 11.1. The van der Waals surface area contributed by atoms with Crippen molar-refractivity contribution in [2.24, 2.45) is 0 Å². The first-order valence-electron chi connectivity index (χ1n) is 9.16. The Balaban J connectivity index is 1.75. The van der Waals surface area contributed by atoms with Crippen LogP contribution in [0.25, 0.3) is 0 Å². The average molecular weight is 406 g/mol. The Labute approximate surface area is 175 Å². The van der Waals surface area contributed by atoms with E-state index in [-0.39, 0.29) is 5.41 Å². The summed E-state index contributed by atoms with van der Waals surface area (Å²) in [5, 5.41) is 10.1. The summed E-state index contributed by atoms with van der Waals surface area (Å²) in [6.07, 6.45) is 3.69. The van der Waals surface area contributed by atoms with E-state index < -0.39 is 0 Å². The van der Waals surface area contributed by atoms with Crippen molar-refractivity contribution in [1.82, 2.24) is 9.97 Å². The number of methoxy groups -OCH3 is 1. The summed E-state index contributed by atoms with van der Waals surface area (Å²) in [6.45, 7) is 4.66. The lowest BCUT2D eigenvalue weighted by atomic mass is 9.77. The smallest absolute Gasteiger partial charge is 0.187 e. The molecule has 2 aromatic carbocycles. The van der Waals surface area contributed by atoms with E-state index in [2.05, 4.69) is 42.0 Å². The molecule has 0 N–H and O–H groups in total. The zero-order valence-corrected chi connectivity index (χ0v) is 17.8. The highest BCUT2D eigenvalue weighted by molar-refractivity contribution is 7.98. The molecule has 3 aromatic rings. The maximum Gasteiger partial charge on any atom is 0.187 e. The van der Waals surface area contributed by atoms with Gasteiger partial charge in [0.25, 0.3) is 0 Å². The monoisotopic (exact) mass is 405 g/mol. The number of nitriles is 1. The molecule has 0 aliphatic carbocycles. The quantitative estimate of drug-likeness (QED) is 0.408. The van der Waals surface area contributed by atoms with Crippen LogP contribution in [0.5, 0.6) is 11.5 Å². The molecule has 29 heavy (non-hydrogen) atoms. The third-order valence-corrected chi connectivity index (χ3v) is 5.44. The summed E-state index contributed by atoms with van der Waals surface area (Å²) in [4.78, 5) is 8.60. The number of nitrogens with zero attached hydrogens (tertiary/aromatic N) is 3. The average Bonchev–Trinajstić information content (AvgIpc) is 2.77. The molecule has 3 rings (SSSR count). The SMILES string of the molecule is COc1ccc(C(C)(C)c2ccc(OCc3ccnc(SC)n3)cc2)cc1C#N. The van der Waals surface area contributed by atoms with Gasteiger partial charge in [0, 0.05) is 11.6 Å². The number of thioether (sulfide) groups is 1. The Kier molecular flexibility index (Phi) is 6.40. The molecule has 0 fully saturated rings. The summed E-state index contributed by atoms with van der Waals surface area (Å²) in [7, 11) is 1.57. The van der Waals surface area contributed by atoms with Gasteiger partial charge in [0.15, 0.2) is 5.16 Å².